The van der Waals surface area contributed by atoms with Crippen LogP contribution in [0, 0.1) is 0 Å². The molecule has 0 fully saturated rings. The smallest absolute Gasteiger partial charge is 0.338 e. The van der Waals surface area contributed by atoms with Gasteiger partial charge >= 0.3 is 5.97 Å². The van der Waals surface area contributed by atoms with Gasteiger partial charge in [-0.1, -0.05) is 30.3 Å². The number of Topliss-reactive ketones (excluding diaryl/α,β-unsaturated/α-hetero) is 1. The van der Waals surface area contributed by atoms with Crippen molar-refractivity contribution in [2.45, 2.75) is 19.9 Å². The van der Waals surface area contributed by atoms with Crippen molar-refractivity contribution in [2.75, 3.05) is 11.6 Å². The minimum absolute atomic E-state index is 0.216. The summed E-state index contributed by atoms with van der Waals surface area (Å²) in [7, 11) is 0. The van der Waals surface area contributed by atoms with E-state index in [1.165, 1.54) is 22.7 Å². The Morgan fingerprint density at radius 2 is 1.79 bits per heavy atom. The molecular weight excluding hydrogens is 456 g/mol. The van der Waals surface area contributed by atoms with Gasteiger partial charge in [0.2, 0.25) is 17.6 Å². The molecule has 1 aromatic carbocycles. The highest BCUT2D eigenvalue weighted by molar-refractivity contribution is 7.13. The monoisotopic (exact) mass is 476 g/mol. The van der Waals surface area contributed by atoms with Crippen LogP contribution in [0.2, 0.25) is 0 Å². The number of nitrogens with zero attached hydrogens (tertiary/aromatic N) is 4. The summed E-state index contributed by atoms with van der Waals surface area (Å²) in [6.45, 7) is 3.81. The van der Waals surface area contributed by atoms with Gasteiger partial charge in [-0.25, -0.2) is 9.79 Å². The van der Waals surface area contributed by atoms with E-state index < -0.39 is 12.0 Å². The van der Waals surface area contributed by atoms with Gasteiger partial charge in [-0.15, -0.1) is 27.8 Å². The number of allylic oxidation sites excluding steroid dienone is 1. The van der Waals surface area contributed by atoms with Crippen molar-refractivity contribution in [3.8, 4) is 0 Å². The molecule has 5 rings (SSSR count). The van der Waals surface area contributed by atoms with Crippen LogP contribution in [0.25, 0.3) is 0 Å². The van der Waals surface area contributed by atoms with Crippen LogP contribution in [-0.4, -0.2) is 35.1 Å². The van der Waals surface area contributed by atoms with Crippen molar-refractivity contribution in [3.05, 3.63) is 86.4 Å². The zero-order chi connectivity index (χ0) is 22.9. The molecule has 0 amide bonds. The first kappa shape index (κ1) is 21.3. The van der Waals surface area contributed by atoms with Gasteiger partial charge in [-0.05, 0) is 48.9 Å². The SMILES string of the molecule is CCOC(=O)C1=C(C)N=C2N(c3ccccc3)N=C(C(=O)c3cccs3)N2C1c1cccs1. The highest BCUT2D eigenvalue weighted by Crippen LogP contribution is 2.42. The topological polar surface area (TPSA) is 74.6 Å². The van der Waals surface area contributed by atoms with Crippen LogP contribution >= 0.6 is 22.7 Å². The van der Waals surface area contributed by atoms with Crippen molar-refractivity contribution in [3.63, 3.8) is 0 Å². The number of hydrogen-bond donors (Lipinski definition) is 0. The molecule has 33 heavy (non-hydrogen) atoms. The third-order valence-electron chi connectivity index (χ3n) is 5.27. The summed E-state index contributed by atoms with van der Waals surface area (Å²) >= 11 is 2.86. The number of aliphatic imine (C=N–C) groups is 1. The molecule has 166 valence electrons. The van der Waals surface area contributed by atoms with E-state index in [0.29, 0.717) is 22.1 Å². The van der Waals surface area contributed by atoms with Crippen LogP contribution in [0.3, 0.4) is 0 Å². The standard InChI is InChI=1S/C24H20N4O3S2/c1-3-31-23(30)19-15(2)25-24-27(20(19)17-11-7-13-32-17)22(21(29)18-12-8-14-33-18)26-28(24)16-9-5-4-6-10-16/h4-14,20H,3H2,1-2H3. The number of benzene rings is 1. The largest absolute Gasteiger partial charge is 0.463 e. The van der Waals surface area contributed by atoms with Crippen LogP contribution < -0.4 is 5.01 Å². The summed E-state index contributed by atoms with van der Waals surface area (Å²) in [5.74, 6) is 0.0236. The van der Waals surface area contributed by atoms with Gasteiger partial charge in [0.1, 0.15) is 6.04 Å². The normalized spacial score (nSPS) is 17.6. The Hall–Kier alpha value is -3.56. The molecule has 2 aromatic heterocycles. The Balaban J connectivity index is 1.71. The van der Waals surface area contributed by atoms with Crippen molar-refractivity contribution < 1.29 is 14.3 Å². The quantitative estimate of drug-likeness (QED) is 0.367. The minimum Gasteiger partial charge on any atom is -0.463 e. The first-order chi connectivity index (χ1) is 16.1. The van der Waals surface area contributed by atoms with E-state index in [0.717, 1.165) is 10.6 Å². The summed E-state index contributed by atoms with van der Waals surface area (Å²) in [6, 6.07) is 16.4. The predicted octanol–water partition coefficient (Wildman–Crippen LogP) is 5.08. The average molecular weight is 477 g/mol. The lowest BCUT2D eigenvalue weighted by atomic mass is 9.99. The third kappa shape index (κ3) is 3.69. The van der Waals surface area contributed by atoms with E-state index in [4.69, 9.17) is 14.8 Å². The molecule has 1 atom stereocenters. The van der Waals surface area contributed by atoms with Crippen molar-refractivity contribution in [1.82, 2.24) is 4.90 Å². The Labute approximate surface area is 198 Å². The Morgan fingerprint density at radius 3 is 2.45 bits per heavy atom. The molecule has 0 aliphatic carbocycles. The lowest BCUT2D eigenvalue weighted by molar-refractivity contribution is -0.139. The number of ketones is 1. The predicted molar refractivity (Wildman–Crippen MR) is 131 cm³/mol. The van der Waals surface area contributed by atoms with Crippen LogP contribution in [-0.2, 0) is 9.53 Å². The molecule has 0 saturated carbocycles. The molecule has 3 aromatic rings. The van der Waals surface area contributed by atoms with Gasteiger partial charge in [0, 0.05) is 4.88 Å². The molecule has 4 heterocycles. The van der Waals surface area contributed by atoms with Gasteiger partial charge in [0.25, 0.3) is 0 Å². The van der Waals surface area contributed by atoms with E-state index in [2.05, 4.69) is 0 Å². The summed E-state index contributed by atoms with van der Waals surface area (Å²) < 4.78 is 5.38. The maximum absolute atomic E-state index is 13.6. The van der Waals surface area contributed by atoms with Gasteiger partial charge in [0.15, 0.2) is 0 Å². The number of hydrazone groups is 1. The fourth-order valence-corrected chi connectivity index (χ4v) is 5.34. The summed E-state index contributed by atoms with van der Waals surface area (Å²) in [5, 5.41) is 10.2. The zero-order valence-corrected chi connectivity index (χ0v) is 19.6. The highest BCUT2D eigenvalue weighted by atomic mass is 32.1. The molecule has 7 nitrogen and oxygen atoms in total. The van der Waals surface area contributed by atoms with Gasteiger partial charge < -0.3 is 4.74 Å². The average Bonchev–Trinajstić information content (AvgIpc) is 3.59. The highest BCUT2D eigenvalue weighted by Gasteiger charge is 2.47. The second-order valence-corrected chi connectivity index (χ2v) is 9.22. The van der Waals surface area contributed by atoms with Crippen LogP contribution in [0.1, 0.15) is 34.4 Å². The van der Waals surface area contributed by atoms with Gasteiger partial charge in [0.05, 0.1) is 28.4 Å². The minimum atomic E-state index is -0.576. The molecule has 2 aliphatic heterocycles. The summed E-state index contributed by atoms with van der Waals surface area (Å²) in [6.07, 6.45) is 0. The van der Waals surface area contributed by atoms with Gasteiger partial charge in [-0.3, -0.25) is 9.69 Å². The maximum atomic E-state index is 13.6. The number of thiophene rings is 2. The number of anilines is 1. The fourth-order valence-electron chi connectivity index (χ4n) is 3.86. The molecule has 1 unspecified atom stereocenters. The number of rotatable bonds is 6. The van der Waals surface area contributed by atoms with Crippen LogP contribution in [0.5, 0.6) is 0 Å². The Bertz CT molecular complexity index is 1280. The van der Waals surface area contributed by atoms with Crippen molar-refractivity contribution >= 4 is 51.9 Å². The molecular formula is C24H20N4O3S2. The van der Waals surface area contributed by atoms with Crippen LogP contribution in [0.4, 0.5) is 5.69 Å². The molecule has 0 radical (unpaired) electrons. The van der Waals surface area contributed by atoms with Crippen LogP contribution in [0.15, 0.2) is 86.7 Å². The zero-order valence-electron chi connectivity index (χ0n) is 18.0. The molecule has 0 bridgehead atoms. The summed E-state index contributed by atoms with van der Waals surface area (Å²) in [5.41, 5.74) is 1.72. The molecule has 0 saturated heterocycles. The Kier molecular flexibility index (Phi) is 5.65. The second-order valence-electron chi connectivity index (χ2n) is 7.30. The second kappa shape index (κ2) is 8.76. The molecule has 0 spiro atoms. The van der Waals surface area contributed by atoms with Gasteiger partial charge in [-0.2, -0.15) is 5.01 Å². The molecule has 0 N–H and O–H groups in total. The number of hydrogen-bond acceptors (Lipinski definition) is 9. The number of carbonyl (C=O) groups is 2. The number of fused-ring (bicyclic) bond motifs is 1. The van der Waals surface area contributed by atoms with E-state index in [1.807, 2.05) is 59.3 Å². The molecule has 9 heteroatoms. The van der Waals surface area contributed by atoms with E-state index in [9.17, 15) is 9.59 Å². The fraction of sp³-hybridized carbons (Fsp3) is 0.167. The third-order valence-corrected chi connectivity index (χ3v) is 7.07. The van der Waals surface area contributed by atoms with Crippen molar-refractivity contribution in [2.24, 2.45) is 10.1 Å². The molecule has 2 aliphatic rings. The van der Waals surface area contributed by atoms with E-state index in [-0.39, 0.29) is 18.2 Å². The number of para-hydroxylation sites is 1. The lowest BCUT2D eigenvalue weighted by Gasteiger charge is -2.34. The van der Waals surface area contributed by atoms with E-state index >= 15 is 0 Å². The lowest BCUT2D eigenvalue weighted by Crippen LogP contribution is -2.46. The van der Waals surface area contributed by atoms with Crippen molar-refractivity contribution in [1.29, 1.82) is 0 Å². The number of amidine groups is 1. The van der Waals surface area contributed by atoms with E-state index in [1.54, 1.807) is 29.8 Å². The number of esters is 1. The Morgan fingerprint density at radius 1 is 1.03 bits per heavy atom. The number of carbonyl (C=O) groups excluding carboxylic acids is 2. The number of guanidine groups is 1. The first-order valence-corrected chi connectivity index (χ1v) is 12.2. The first-order valence-electron chi connectivity index (χ1n) is 10.4. The maximum Gasteiger partial charge on any atom is 0.338 e. The summed E-state index contributed by atoms with van der Waals surface area (Å²) in [4.78, 5) is 34.6. The number of ether oxygens (including phenoxy) is 1.